The number of nitrogens with zero attached hydrogens (tertiary/aromatic N) is 4. The number of hydrogen-bond acceptors (Lipinski definition) is 5. The molecule has 0 N–H and O–H groups in total. The van der Waals surface area contributed by atoms with E-state index in [0.29, 0.717) is 10.8 Å². The molecule has 422 valence electrons. The molecule has 7 heteroatoms. The number of rotatable bonds is 8. The average molecular weight is 1180 g/mol. The van der Waals surface area contributed by atoms with Crippen molar-refractivity contribution in [3.05, 3.63) is 312 Å². The standard InChI is InChI=1S/C84H48N4O2S/c89-83-65-24-11-10-22-61(65)69-43-57(59-47-73(51-18-6-2-7-19-51)85-74(48-59)52-20-8-3-9-21-52)44-70-67-40-55(33-38-77(67)87(83)81(69)70)58-45-72(50-16-4-1-5-17-50)86-75(46-58)53-30-28-49(29-31-53)54-32-35-62-64-37-36-60(56-34-39-79-68(42-56)63-23-13-15-27-78(63)91-79)80-66-25-12-14-26-76(66)88(82(64)80)84(90)71(62)41-54/h1-48H. The van der Waals surface area contributed by atoms with E-state index in [2.05, 4.69) is 237 Å². The second kappa shape index (κ2) is 19.8. The van der Waals surface area contributed by atoms with Gasteiger partial charge < -0.3 is 0 Å². The van der Waals surface area contributed by atoms with Gasteiger partial charge in [0.25, 0.3) is 11.1 Å². The minimum absolute atomic E-state index is 0.0327. The summed E-state index contributed by atoms with van der Waals surface area (Å²) in [6.07, 6.45) is 0. The van der Waals surface area contributed by atoms with Gasteiger partial charge in [-0.1, -0.05) is 206 Å². The molecule has 0 fully saturated rings. The predicted octanol–water partition coefficient (Wildman–Crippen LogP) is 21.2. The lowest BCUT2D eigenvalue weighted by Gasteiger charge is -2.13. The molecule has 0 amide bonds. The number of para-hydroxylation sites is 1. The summed E-state index contributed by atoms with van der Waals surface area (Å²) in [6, 6.07) is 102. The van der Waals surface area contributed by atoms with E-state index in [0.717, 1.165) is 155 Å². The van der Waals surface area contributed by atoms with E-state index in [1.165, 1.54) is 20.2 Å². The third kappa shape index (κ3) is 7.91. The molecule has 0 unspecified atom stereocenters. The second-order valence-corrected chi connectivity index (χ2v) is 25.0. The highest BCUT2D eigenvalue weighted by Crippen LogP contribution is 2.45. The molecule has 7 heterocycles. The minimum Gasteiger partial charge on any atom is -0.275 e. The highest BCUT2D eigenvalue weighted by Gasteiger charge is 2.24. The Morgan fingerprint density at radius 1 is 0.242 bits per heavy atom. The molecule has 0 saturated carbocycles. The maximum atomic E-state index is 15.2. The number of pyridine rings is 4. The van der Waals surface area contributed by atoms with Gasteiger partial charge in [-0.25, -0.2) is 9.97 Å². The number of thiophene rings is 1. The molecule has 0 radical (unpaired) electrons. The molecule has 0 aliphatic carbocycles. The molecular formula is C84H48N4O2S. The number of benzene rings is 12. The average Bonchev–Trinajstić information content (AvgIpc) is 1.59. The summed E-state index contributed by atoms with van der Waals surface area (Å²) in [7, 11) is 0. The quantitative estimate of drug-likeness (QED) is 0.142. The molecule has 91 heavy (non-hydrogen) atoms. The molecule has 19 rings (SSSR count). The van der Waals surface area contributed by atoms with Gasteiger partial charge in [-0.3, -0.25) is 18.4 Å². The smallest absolute Gasteiger partial charge is 0.263 e. The molecule has 0 aliphatic rings. The molecule has 0 saturated heterocycles. The zero-order chi connectivity index (χ0) is 60.0. The van der Waals surface area contributed by atoms with Crippen molar-refractivity contribution in [2.75, 3.05) is 0 Å². The van der Waals surface area contributed by atoms with Gasteiger partial charge in [0.2, 0.25) is 0 Å². The molecule has 19 aromatic rings. The Hall–Kier alpha value is -11.9. The van der Waals surface area contributed by atoms with E-state index >= 15 is 4.79 Å². The van der Waals surface area contributed by atoms with E-state index in [4.69, 9.17) is 9.97 Å². The zero-order valence-corrected chi connectivity index (χ0v) is 49.5. The van der Waals surface area contributed by atoms with Gasteiger partial charge in [0, 0.05) is 85.5 Å². The summed E-state index contributed by atoms with van der Waals surface area (Å²) < 4.78 is 6.41. The Kier molecular flexibility index (Phi) is 11.1. The van der Waals surface area contributed by atoms with Gasteiger partial charge in [0.15, 0.2) is 0 Å². The largest absolute Gasteiger partial charge is 0.275 e. The van der Waals surface area contributed by atoms with Crippen molar-refractivity contribution >= 4 is 107 Å². The van der Waals surface area contributed by atoms with Crippen molar-refractivity contribution in [2.24, 2.45) is 0 Å². The van der Waals surface area contributed by atoms with E-state index in [9.17, 15) is 4.79 Å². The molecule has 0 aliphatic heterocycles. The van der Waals surface area contributed by atoms with Gasteiger partial charge in [0.05, 0.1) is 44.8 Å². The van der Waals surface area contributed by atoms with Gasteiger partial charge in [-0.2, -0.15) is 0 Å². The van der Waals surface area contributed by atoms with Crippen molar-refractivity contribution in [1.29, 1.82) is 0 Å². The first kappa shape index (κ1) is 51.2. The topological polar surface area (TPSA) is 68.7 Å². The fourth-order valence-electron chi connectivity index (χ4n) is 14.5. The summed E-state index contributed by atoms with van der Waals surface area (Å²) in [5, 5.41) is 11.9. The lowest BCUT2D eigenvalue weighted by Crippen LogP contribution is -2.13. The summed E-state index contributed by atoms with van der Waals surface area (Å²) in [4.78, 5) is 40.6. The molecule has 0 spiro atoms. The van der Waals surface area contributed by atoms with Crippen LogP contribution in [0.5, 0.6) is 0 Å². The molecule has 6 nitrogen and oxygen atoms in total. The number of fused-ring (bicyclic) bond motifs is 13. The molecule has 0 bridgehead atoms. The minimum atomic E-state index is -0.0406. The predicted molar refractivity (Wildman–Crippen MR) is 380 cm³/mol. The Morgan fingerprint density at radius 3 is 1.34 bits per heavy atom. The third-order valence-electron chi connectivity index (χ3n) is 18.8. The van der Waals surface area contributed by atoms with E-state index in [1.807, 2.05) is 74.7 Å². The molecule has 0 atom stereocenters. The van der Waals surface area contributed by atoms with Crippen LogP contribution in [0.3, 0.4) is 0 Å². The van der Waals surface area contributed by atoms with Crippen LogP contribution in [-0.2, 0) is 0 Å². The van der Waals surface area contributed by atoms with Crippen LogP contribution in [0.4, 0.5) is 0 Å². The van der Waals surface area contributed by atoms with Crippen LogP contribution in [0, 0.1) is 0 Å². The van der Waals surface area contributed by atoms with Crippen LogP contribution >= 0.6 is 11.3 Å². The maximum absolute atomic E-state index is 15.2. The van der Waals surface area contributed by atoms with Gasteiger partial charge in [-0.05, 0) is 140 Å². The summed E-state index contributed by atoms with van der Waals surface area (Å²) in [5.74, 6) is 0. The number of aromatic nitrogens is 4. The van der Waals surface area contributed by atoms with E-state index < -0.39 is 0 Å². The van der Waals surface area contributed by atoms with Crippen LogP contribution < -0.4 is 11.1 Å². The Morgan fingerprint density at radius 2 is 0.659 bits per heavy atom. The van der Waals surface area contributed by atoms with Crippen molar-refractivity contribution in [3.63, 3.8) is 0 Å². The van der Waals surface area contributed by atoms with Crippen LogP contribution in [0.1, 0.15) is 0 Å². The third-order valence-corrected chi connectivity index (χ3v) is 20.0. The van der Waals surface area contributed by atoms with E-state index in [-0.39, 0.29) is 11.1 Å². The highest BCUT2D eigenvalue weighted by molar-refractivity contribution is 7.25. The van der Waals surface area contributed by atoms with Gasteiger partial charge in [0.1, 0.15) is 0 Å². The molecule has 7 aromatic heterocycles. The Labute approximate surface area is 524 Å². The van der Waals surface area contributed by atoms with Crippen LogP contribution in [-0.4, -0.2) is 18.8 Å². The first-order chi connectivity index (χ1) is 44.9. The zero-order valence-electron chi connectivity index (χ0n) is 48.7. The fraction of sp³-hybridized carbons (Fsp3) is 0. The fourth-order valence-corrected chi connectivity index (χ4v) is 15.6. The SMILES string of the molecule is O=c1c2ccccc2c2cc(-c3cc(-c4ccccc4)nc(-c4ccccc4)c3)cc3c4cc(-c5cc(-c6ccccc6)nc(-c6ccc(-c7ccc8c(c7)c(=O)n7c9ccccc9c9c(-c%10ccc%11sc%12ccccc%12c%11c%10)ccc8c97)cc6)c5)ccc4n1c23. The normalized spacial score (nSPS) is 12.0. The van der Waals surface area contributed by atoms with Crippen molar-refractivity contribution in [2.45, 2.75) is 0 Å². The Bertz CT molecular complexity index is 6290. The number of hydrogen-bond donors (Lipinski definition) is 0. The second-order valence-electron chi connectivity index (χ2n) is 23.9. The monoisotopic (exact) mass is 1180 g/mol. The van der Waals surface area contributed by atoms with Crippen LogP contribution in [0.15, 0.2) is 301 Å². The highest BCUT2D eigenvalue weighted by atomic mass is 32.1. The lowest BCUT2D eigenvalue weighted by molar-refractivity contribution is 1.21. The van der Waals surface area contributed by atoms with Crippen LogP contribution in [0.2, 0.25) is 0 Å². The molecule has 12 aromatic carbocycles. The Balaban J connectivity index is 0.734. The van der Waals surface area contributed by atoms with Gasteiger partial charge >= 0.3 is 0 Å². The summed E-state index contributed by atoms with van der Waals surface area (Å²) >= 11 is 1.82. The lowest BCUT2D eigenvalue weighted by atomic mass is 9.94. The van der Waals surface area contributed by atoms with Gasteiger partial charge in [-0.15, -0.1) is 11.3 Å². The first-order valence-electron chi connectivity index (χ1n) is 30.7. The van der Waals surface area contributed by atoms with Crippen molar-refractivity contribution in [3.8, 4) is 89.5 Å². The van der Waals surface area contributed by atoms with Crippen molar-refractivity contribution in [1.82, 2.24) is 18.8 Å². The van der Waals surface area contributed by atoms with E-state index in [1.54, 1.807) is 0 Å². The molecular weight excluding hydrogens is 1130 g/mol. The van der Waals surface area contributed by atoms with Crippen LogP contribution in [0.25, 0.3) is 186 Å². The summed E-state index contributed by atoms with van der Waals surface area (Å²) in [5.41, 5.74) is 19.2. The van der Waals surface area contributed by atoms with Crippen molar-refractivity contribution < 1.29 is 0 Å². The maximum Gasteiger partial charge on any atom is 0.263 e. The summed E-state index contributed by atoms with van der Waals surface area (Å²) in [6.45, 7) is 0. The first-order valence-corrected chi connectivity index (χ1v) is 31.5.